The lowest BCUT2D eigenvalue weighted by atomic mass is 10.0. The molecule has 0 saturated carbocycles. The van der Waals surface area contributed by atoms with Crippen LogP contribution in [-0.2, 0) is 0 Å². The number of rotatable bonds is 2. The molecule has 38 heavy (non-hydrogen) atoms. The Morgan fingerprint density at radius 3 is 1.66 bits per heavy atom. The summed E-state index contributed by atoms with van der Waals surface area (Å²) in [4.78, 5) is 26.5. The van der Waals surface area contributed by atoms with E-state index in [-0.39, 0.29) is 5.56 Å². The van der Waals surface area contributed by atoms with Crippen LogP contribution in [0.5, 0.6) is 0 Å². The molecule has 188 valence electrons. The molecule has 0 saturated heterocycles. The molecule has 5 nitrogen and oxygen atoms in total. The smallest absolute Gasteiger partial charge is 0.258 e. The first-order chi connectivity index (χ1) is 18.3. The topological polar surface area (TPSA) is 71.5 Å². The molecule has 6 aromatic rings. The third-order valence-corrected chi connectivity index (χ3v) is 7.32. The number of benzene rings is 4. The molecular formula is C28H15Cl5N4O. The van der Waals surface area contributed by atoms with Crippen molar-refractivity contribution in [1.82, 2.24) is 19.9 Å². The predicted octanol–water partition coefficient (Wildman–Crippen LogP) is 9.15. The van der Waals surface area contributed by atoms with Gasteiger partial charge in [0.15, 0.2) is 0 Å². The molecule has 2 aromatic heterocycles. The Labute approximate surface area is 242 Å². The van der Waals surface area contributed by atoms with E-state index in [9.17, 15) is 4.79 Å². The summed E-state index contributed by atoms with van der Waals surface area (Å²) in [7, 11) is 0. The van der Waals surface area contributed by atoms with Crippen molar-refractivity contribution >= 4 is 79.8 Å². The van der Waals surface area contributed by atoms with Crippen molar-refractivity contribution in [3.8, 4) is 22.3 Å². The molecule has 0 aliphatic carbocycles. The quantitative estimate of drug-likeness (QED) is 0.201. The second kappa shape index (κ2) is 11.3. The third kappa shape index (κ3) is 5.35. The summed E-state index contributed by atoms with van der Waals surface area (Å²) < 4.78 is 0. The van der Waals surface area contributed by atoms with E-state index in [1.165, 1.54) is 12.7 Å². The molecule has 0 aliphatic rings. The van der Waals surface area contributed by atoms with Crippen molar-refractivity contribution in [1.29, 1.82) is 0 Å². The second-order valence-electron chi connectivity index (χ2n) is 8.05. The Hall–Kier alpha value is -3.19. The van der Waals surface area contributed by atoms with Crippen LogP contribution in [-0.4, -0.2) is 19.9 Å². The Kier molecular flexibility index (Phi) is 7.84. The highest BCUT2D eigenvalue weighted by molar-refractivity contribution is 6.38. The maximum atomic E-state index is 11.8. The first-order valence-corrected chi connectivity index (χ1v) is 13.0. The van der Waals surface area contributed by atoms with E-state index in [1.54, 1.807) is 24.3 Å². The number of H-pyrrole nitrogens is 1. The first kappa shape index (κ1) is 26.4. The zero-order valence-electron chi connectivity index (χ0n) is 19.2. The minimum absolute atomic E-state index is 0.199. The fraction of sp³-hybridized carbons (Fsp3) is 0. The van der Waals surface area contributed by atoms with Gasteiger partial charge in [0.25, 0.3) is 5.56 Å². The summed E-state index contributed by atoms with van der Waals surface area (Å²) in [5.41, 5.74) is 4.25. The van der Waals surface area contributed by atoms with Gasteiger partial charge >= 0.3 is 0 Å². The van der Waals surface area contributed by atoms with Crippen LogP contribution >= 0.6 is 58.0 Å². The largest absolute Gasteiger partial charge is 0.313 e. The average Bonchev–Trinajstić information content (AvgIpc) is 2.90. The molecule has 0 bridgehead atoms. The normalized spacial score (nSPS) is 10.9. The summed E-state index contributed by atoms with van der Waals surface area (Å²) in [6, 6.07) is 21.9. The highest BCUT2D eigenvalue weighted by Crippen LogP contribution is 2.37. The highest BCUT2D eigenvalue weighted by Gasteiger charge is 2.12. The number of halogens is 5. The number of nitrogens with zero attached hydrogens (tertiary/aromatic N) is 3. The van der Waals surface area contributed by atoms with Crippen molar-refractivity contribution in [2.75, 3.05) is 0 Å². The van der Waals surface area contributed by atoms with Gasteiger partial charge in [-0.3, -0.25) is 4.79 Å². The number of aromatic amines is 1. The van der Waals surface area contributed by atoms with E-state index >= 15 is 0 Å². The van der Waals surface area contributed by atoms with Gasteiger partial charge in [-0.05, 0) is 36.4 Å². The van der Waals surface area contributed by atoms with E-state index in [2.05, 4.69) is 19.9 Å². The van der Waals surface area contributed by atoms with E-state index in [0.29, 0.717) is 41.7 Å². The maximum Gasteiger partial charge on any atom is 0.258 e. The van der Waals surface area contributed by atoms with Crippen LogP contribution in [0.2, 0.25) is 25.2 Å². The van der Waals surface area contributed by atoms with E-state index in [1.807, 2.05) is 48.5 Å². The minimum atomic E-state index is -0.199. The van der Waals surface area contributed by atoms with Crippen molar-refractivity contribution in [3.63, 3.8) is 0 Å². The number of fused-ring (bicyclic) bond motifs is 2. The summed E-state index contributed by atoms with van der Waals surface area (Å²) in [6.07, 6.45) is 2.77. The molecule has 0 spiro atoms. The van der Waals surface area contributed by atoms with Crippen molar-refractivity contribution in [3.05, 3.63) is 121 Å². The molecule has 0 aliphatic heterocycles. The summed E-state index contributed by atoms with van der Waals surface area (Å²) in [5, 5.41) is 3.95. The lowest BCUT2D eigenvalue weighted by molar-refractivity contribution is 1.17. The Bertz CT molecular complexity index is 1870. The van der Waals surface area contributed by atoms with Crippen molar-refractivity contribution in [2.45, 2.75) is 0 Å². The van der Waals surface area contributed by atoms with Gasteiger partial charge in [0.1, 0.15) is 11.5 Å². The van der Waals surface area contributed by atoms with Crippen LogP contribution in [0.15, 0.2) is 90.2 Å². The van der Waals surface area contributed by atoms with Gasteiger partial charge in [-0.2, -0.15) is 0 Å². The Morgan fingerprint density at radius 2 is 1.08 bits per heavy atom. The summed E-state index contributed by atoms with van der Waals surface area (Å²) >= 11 is 31.0. The molecule has 6 rings (SSSR count). The monoisotopic (exact) mass is 598 g/mol. The molecular weight excluding hydrogens is 586 g/mol. The van der Waals surface area contributed by atoms with E-state index in [0.717, 1.165) is 27.6 Å². The highest BCUT2D eigenvalue weighted by atomic mass is 35.5. The Morgan fingerprint density at radius 1 is 0.553 bits per heavy atom. The molecule has 0 fully saturated rings. The standard InChI is InChI=1S/C14H7Cl3N2.C14H8Cl2N2O/c15-11-4-2-1-3-8(11)9-5-10-13(6-12(9)16)18-7-19-14(10)17;15-11-4-2-1-3-8(11)9-5-10-13(6-12(9)16)17-7-18-14(10)19/h1-7H;1-7H,(H,17,18,19). The summed E-state index contributed by atoms with van der Waals surface area (Å²) in [6.45, 7) is 0. The summed E-state index contributed by atoms with van der Waals surface area (Å²) in [5.74, 6) is 0. The third-order valence-electron chi connectivity index (χ3n) is 5.73. The predicted molar refractivity (Wildman–Crippen MR) is 158 cm³/mol. The number of hydrogen-bond acceptors (Lipinski definition) is 4. The molecule has 1 N–H and O–H groups in total. The van der Waals surface area contributed by atoms with Gasteiger partial charge in [0, 0.05) is 37.7 Å². The van der Waals surface area contributed by atoms with Gasteiger partial charge < -0.3 is 4.98 Å². The van der Waals surface area contributed by atoms with Gasteiger partial charge in [-0.1, -0.05) is 94.4 Å². The van der Waals surface area contributed by atoms with E-state index in [4.69, 9.17) is 58.0 Å². The zero-order valence-corrected chi connectivity index (χ0v) is 23.0. The molecule has 0 amide bonds. The van der Waals surface area contributed by atoms with Crippen LogP contribution in [0.1, 0.15) is 0 Å². The molecule has 0 atom stereocenters. The van der Waals surface area contributed by atoms with Gasteiger partial charge in [0.05, 0.1) is 32.8 Å². The number of nitrogens with one attached hydrogen (secondary N) is 1. The average molecular weight is 601 g/mol. The van der Waals surface area contributed by atoms with E-state index < -0.39 is 0 Å². The molecule has 0 unspecified atom stereocenters. The second-order valence-corrected chi connectivity index (χ2v) is 10.0. The minimum Gasteiger partial charge on any atom is -0.313 e. The number of aromatic nitrogens is 4. The molecule has 10 heteroatoms. The van der Waals surface area contributed by atoms with Crippen molar-refractivity contribution < 1.29 is 0 Å². The molecule has 2 heterocycles. The number of hydrogen-bond donors (Lipinski definition) is 1. The van der Waals surface area contributed by atoms with Crippen LogP contribution in [0.4, 0.5) is 0 Å². The van der Waals surface area contributed by atoms with Crippen LogP contribution in [0, 0.1) is 0 Å². The van der Waals surface area contributed by atoms with Crippen LogP contribution in [0.3, 0.4) is 0 Å². The first-order valence-electron chi connectivity index (χ1n) is 11.1. The molecule has 4 aromatic carbocycles. The van der Waals surface area contributed by atoms with Crippen LogP contribution < -0.4 is 5.56 Å². The Balaban J connectivity index is 0.000000155. The molecule has 0 radical (unpaired) electrons. The fourth-order valence-electron chi connectivity index (χ4n) is 3.91. The SMILES string of the molecule is Clc1ccccc1-c1cc2c(Cl)ncnc2cc1Cl.O=c1[nH]cnc2cc(Cl)c(-c3ccccc3Cl)cc12. The van der Waals surface area contributed by atoms with Gasteiger partial charge in [0.2, 0.25) is 0 Å². The lowest BCUT2D eigenvalue weighted by Gasteiger charge is -2.08. The maximum absolute atomic E-state index is 11.8. The van der Waals surface area contributed by atoms with Crippen molar-refractivity contribution in [2.24, 2.45) is 0 Å². The lowest BCUT2D eigenvalue weighted by Crippen LogP contribution is -2.06. The van der Waals surface area contributed by atoms with Gasteiger partial charge in [-0.15, -0.1) is 0 Å². The zero-order chi connectivity index (χ0) is 26.8. The fourth-order valence-corrected chi connectivity index (χ4v) is 5.10. The van der Waals surface area contributed by atoms with Crippen LogP contribution in [0.25, 0.3) is 44.1 Å². The van der Waals surface area contributed by atoms with Gasteiger partial charge in [-0.25, -0.2) is 15.0 Å².